The minimum atomic E-state index is -0.529. The molecule has 7 nitrogen and oxygen atoms in total. The van der Waals surface area contributed by atoms with Crippen molar-refractivity contribution < 1.29 is 8.83 Å². The molecule has 1 N–H and O–H groups in total. The molecular formula is C20H12N4O3. The van der Waals surface area contributed by atoms with E-state index < -0.39 is 5.63 Å². The van der Waals surface area contributed by atoms with Crippen LogP contribution in [0, 0.1) is 0 Å². The second-order valence-electron chi connectivity index (χ2n) is 5.93. The molecule has 0 aliphatic rings. The Labute approximate surface area is 152 Å². The predicted octanol–water partition coefficient (Wildman–Crippen LogP) is 3.90. The first-order valence-electron chi connectivity index (χ1n) is 8.26. The number of benzene rings is 2. The highest BCUT2D eigenvalue weighted by molar-refractivity contribution is 5.80. The summed E-state index contributed by atoms with van der Waals surface area (Å²) < 4.78 is 11.0. The van der Waals surface area contributed by atoms with Crippen molar-refractivity contribution in [2.24, 2.45) is 0 Å². The molecule has 0 aliphatic heterocycles. The van der Waals surface area contributed by atoms with Crippen molar-refractivity contribution in [3.63, 3.8) is 0 Å². The molecule has 3 heterocycles. The van der Waals surface area contributed by atoms with Gasteiger partial charge < -0.3 is 8.83 Å². The highest BCUT2D eigenvalue weighted by atomic mass is 16.4. The lowest BCUT2D eigenvalue weighted by molar-refractivity contribution is 0.546. The standard InChI is InChI=1S/C20H12N4O3/c25-20-14(10-13-8-4-5-9-17(13)26-20)18-23-24-19(27-18)16-11-15(21-22-16)12-6-2-1-3-7-12/h1-11H,(H,21,22). The number of hydrogen-bond donors (Lipinski definition) is 1. The average Bonchev–Trinajstić information content (AvgIpc) is 3.38. The number of nitrogens with zero attached hydrogens (tertiary/aromatic N) is 3. The summed E-state index contributed by atoms with van der Waals surface area (Å²) in [6.07, 6.45) is 0. The third-order valence-electron chi connectivity index (χ3n) is 4.17. The smallest absolute Gasteiger partial charge is 0.349 e. The molecule has 5 rings (SSSR count). The summed E-state index contributed by atoms with van der Waals surface area (Å²) in [7, 11) is 0. The highest BCUT2D eigenvalue weighted by Gasteiger charge is 2.17. The number of nitrogens with one attached hydrogen (secondary N) is 1. The van der Waals surface area contributed by atoms with Crippen molar-refractivity contribution in [1.29, 1.82) is 0 Å². The van der Waals surface area contributed by atoms with Gasteiger partial charge in [0.15, 0.2) is 0 Å². The van der Waals surface area contributed by atoms with Crippen LogP contribution in [-0.4, -0.2) is 20.4 Å². The summed E-state index contributed by atoms with van der Waals surface area (Å²) in [5, 5.41) is 15.9. The Morgan fingerprint density at radius 2 is 1.59 bits per heavy atom. The van der Waals surface area contributed by atoms with E-state index in [4.69, 9.17) is 8.83 Å². The molecule has 0 amide bonds. The van der Waals surface area contributed by atoms with Gasteiger partial charge in [0.25, 0.3) is 11.8 Å². The van der Waals surface area contributed by atoms with E-state index >= 15 is 0 Å². The fourth-order valence-corrected chi connectivity index (χ4v) is 2.84. The van der Waals surface area contributed by atoms with Crippen LogP contribution in [0.2, 0.25) is 0 Å². The van der Waals surface area contributed by atoms with Gasteiger partial charge in [-0.1, -0.05) is 48.5 Å². The summed E-state index contributed by atoms with van der Waals surface area (Å²) in [4.78, 5) is 12.3. The summed E-state index contributed by atoms with van der Waals surface area (Å²) >= 11 is 0. The van der Waals surface area contributed by atoms with Crippen molar-refractivity contribution >= 4 is 11.0 Å². The Hall–Kier alpha value is -4.00. The lowest BCUT2D eigenvalue weighted by Gasteiger charge is -1.97. The maximum absolute atomic E-state index is 12.3. The fraction of sp³-hybridized carbons (Fsp3) is 0. The first-order chi connectivity index (χ1) is 13.3. The largest absolute Gasteiger partial charge is 0.422 e. The van der Waals surface area contributed by atoms with Crippen molar-refractivity contribution in [2.75, 3.05) is 0 Å². The molecule has 0 fully saturated rings. The van der Waals surface area contributed by atoms with Gasteiger partial charge in [-0.05, 0) is 18.2 Å². The average molecular weight is 356 g/mol. The topological polar surface area (TPSA) is 97.8 Å². The second kappa shape index (κ2) is 6.06. The van der Waals surface area contributed by atoms with Crippen LogP contribution in [-0.2, 0) is 0 Å². The second-order valence-corrected chi connectivity index (χ2v) is 5.93. The zero-order valence-electron chi connectivity index (χ0n) is 13.9. The number of aromatic nitrogens is 4. The fourth-order valence-electron chi connectivity index (χ4n) is 2.84. The Morgan fingerprint density at radius 3 is 2.48 bits per heavy atom. The van der Waals surface area contributed by atoms with Crippen LogP contribution < -0.4 is 5.63 Å². The number of aromatic amines is 1. The maximum atomic E-state index is 12.3. The molecule has 0 atom stereocenters. The molecule has 0 bridgehead atoms. The molecule has 130 valence electrons. The summed E-state index contributed by atoms with van der Waals surface area (Å²) in [5.41, 5.74) is 2.49. The predicted molar refractivity (Wildman–Crippen MR) is 98.8 cm³/mol. The van der Waals surface area contributed by atoms with E-state index in [1.54, 1.807) is 18.2 Å². The van der Waals surface area contributed by atoms with Gasteiger partial charge in [0.2, 0.25) is 0 Å². The van der Waals surface area contributed by atoms with Crippen LogP contribution in [0.25, 0.3) is 45.3 Å². The lowest BCUT2D eigenvalue weighted by atomic mass is 10.1. The monoisotopic (exact) mass is 356 g/mol. The quantitative estimate of drug-likeness (QED) is 0.492. The van der Waals surface area contributed by atoms with Crippen LogP contribution in [0.4, 0.5) is 0 Å². The van der Waals surface area contributed by atoms with Crippen LogP contribution in [0.15, 0.2) is 80.4 Å². The molecule has 0 saturated carbocycles. The molecule has 7 heteroatoms. The van der Waals surface area contributed by atoms with E-state index in [2.05, 4.69) is 20.4 Å². The zero-order chi connectivity index (χ0) is 18.2. The third kappa shape index (κ3) is 2.71. The van der Waals surface area contributed by atoms with Crippen molar-refractivity contribution in [3.8, 4) is 34.3 Å². The van der Waals surface area contributed by atoms with Crippen LogP contribution >= 0.6 is 0 Å². The Bertz CT molecular complexity index is 1300. The Morgan fingerprint density at radius 1 is 0.815 bits per heavy atom. The van der Waals surface area contributed by atoms with Gasteiger partial charge in [-0.15, -0.1) is 10.2 Å². The number of H-pyrrole nitrogens is 1. The molecule has 0 radical (unpaired) electrons. The number of fused-ring (bicyclic) bond motifs is 1. The van der Waals surface area contributed by atoms with Gasteiger partial charge in [-0.2, -0.15) is 5.10 Å². The molecule has 0 aliphatic carbocycles. The van der Waals surface area contributed by atoms with E-state index in [-0.39, 0.29) is 17.3 Å². The number of hydrogen-bond acceptors (Lipinski definition) is 6. The van der Waals surface area contributed by atoms with Crippen molar-refractivity contribution in [2.45, 2.75) is 0 Å². The normalized spacial score (nSPS) is 11.1. The lowest BCUT2D eigenvalue weighted by Crippen LogP contribution is -2.02. The van der Waals surface area contributed by atoms with Crippen LogP contribution in [0.5, 0.6) is 0 Å². The summed E-state index contributed by atoms with van der Waals surface area (Å²) in [5.74, 6) is 0.340. The van der Waals surface area contributed by atoms with E-state index in [1.807, 2.05) is 48.5 Å². The van der Waals surface area contributed by atoms with Gasteiger partial charge in [-0.25, -0.2) is 4.79 Å². The van der Waals surface area contributed by atoms with Crippen molar-refractivity contribution in [1.82, 2.24) is 20.4 Å². The number of rotatable bonds is 3. The number of para-hydroxylation sites is 1. The first-order valence-corrected chi connectivity index (χ1v) is 8.26. The first kappa shape index (κ1) is 15.3. The van der Waals surface area contributed by atoms with Crippen LogP contribution in [0.3, 0.4) is 0 Å². The molecule has 5 aromatic rings. The van der Waals surface area contributed by atoms with E-state index in [1.165, 1.54) is 0 Å². The van der Waals surface area contributed by atoms with E-state index in [0.717, 1.165) is 16.6 Å². The minimum Gasteiger partial charge on any atom is -0.422 e. The van der Waals surface area contributed by atoms with Gasteiger partial charge in [0, 0.05) is 10.9 Å². The SMILES string of the molecule is O=c1oc2ccccc2cc1-c1nnc(-c2cc(-c3ccccc3)n[nH]2)o1. The Kier molecular flexibility index (Phi) is 3.43. The van der Waals surface area contributed by atoms with Crippen LogP contribution in [0.1, 0.15) is 0 Å². The highest BCUT2D eigenvalue weighted by Crippen LogP contribution is 2.26. The zero-order valence-corrected chi connectivity index (χ0v) is 13.9. The molecule has 0 unspecified atom stereocenters. The molecule has 2 aromatic carbocycles. The molecule has 0 saturated heterocycles. The molecular weight excluding hydrogens is 344 g/mol. The van der Waals surface area contributed by atoms with Crippen molar-refractivity contribution in [3.05, 3.63) is 77.2 Å². The Balaban J connectivity index is 1.53. The van der Waals surface area contributed by atoms with Gasteiger partial charge in [0.05, 0.1) is 5.69 Å². The summed E-state index contributed by atoms with van der Waals surface area (Å²) in [6.45, 7) is 0. The maximum Gasteiger partial charge on any atom is 0.349 e. The molecule has 27 heavy (non-hydrogen) atoms. The van der Waals surface area contributed by atoms with Gasteiger partial charge in [-0.3, -0.25) is 5.10 Å². The van der Waals surface area contributed by atoms with E-state index in [9.17, 15) is 4.79 Å². The summed E-state index contributed by atoms with van der Waals surface area (Å²) in [6, 6.07) is 20.5. The molecule has 3 aromatic heterocycles. The van der Waals surface area contributed by atoms with Gasteiger partial charge >= 0.3 is 5.63 Å². The third-order valence-corrected chi connectivity index (χ3v) is 4.17. The molecule has 0 spiro atoms. The van der Waals surface area contributed by atoms with E-state index in [0.29, 0.717) is 11.3 Å². The van der Waals surface area contributed by atoms with Gasteiger partial charge in [0.1, 0.15) is 16.8 Å². The minimum absolute atomic E-state index is 0.0976.